The van der Waals surface area contributed by atoms with Crippen LogP contribution in [0.1, 0.15) is 5.56 Å². The Kier molecular flexibility index (Phi) is 9.98. The van der Waals surface area contributed by atoms with Crippen LogP contribution in [0.4, 0.5) is 47.3 Å². The summed E-state index contributed by atoms with van der Waals surface area (Å²) in [6.07, 6.45) is -4.74. The molecular weight excluding hydrogens is 921 g/mol. The molecule has 0 saturated heterocycles. The molecule has 0 aliphatic carbocycles. The molecule has 0 fully saturated rings. The SMILES string of the molecule is FC(F)(F)c1cc(-c2nc(-c3ccccc3)nc(-c3ccccc3)n2)ccc1-n1c2ccccc2c2cc(-c3cc4c5c(c3)N(c3ccccc3)c3ccccc3B5c3ccccc3N4c3ccccc3)ccc21. The zero-order valence-electron chi connectivity index (χ0n) is 39.5. The minimum Gasteiger partial charge on any atom is -0.311 e. The summed E-state index contributed by atoms with van der Waals surface area (Å²) in [5.74, 6) is 0.868. The Balaban J connectivity index is 0.965. The van der Waals surface area contributed by atoms with Gasteiger partial charge in [-0.2, -0.15) is 13.2 Å². The van der Waals surface area contributed by atoms with Crippen molar-refractivity contribution in [3.8, 4) is 51.0 Å². The summed E-state index contributed by atoms with van der Waals surface area (Å²) in [4.78, 5) is 19.0. The van der Waals surface area contributed by atoms with E-state index < -0.39 is 11.7 Å². The molecule has 10 heteroatoms. The predicted octanol–water partition coefficient (Wildman–Crippen LogP) is 14.7. The van der Waals surface area contributed by atoms with Crippen molar-refractivity contribution >= 4 is 79.0 Å². The second-order valence-corrected chi connectivity index (χ2v) is 18.7. The van der Waals surface area contributed by atoms with Gasteiger partial charge in [0.2, 0.25) is 0 Å². The van der Waals surface area contributed by atoms with E-state index in [1.165, 1.54) is 22.5 Å². The molecule has 4 heterocycles. The van der Waals surface area contributed by atoms with E-state index >= 15 is 13.2 Å². The summed E-state index contributed by atoms with van der Waals surface area (Å²) in [5.41, 5.74) is 14.1. The minimum atomic E-state index is -4.74. The maximum Gasteiger partial charge on any atom is 0.418 e. The van der Waals surface area contributed by atoms with Crippen molar-refractivity contribution in [2.75, 3.05) is 9.80 Å². The molecule has 350 valence electrons. The number of hydrogen-bond donors (Lipinski definition) is 0. The summed E-state index contributed by atoms with van der Waals surface area (Å²) in [6.45, 7) is -0.0435. The number of para-hydroxylation sites is 5. The highest BCUT2D eigenvalue weighted by Gasteiger charge is 2.43. The molecule has 74 heavy (non-hydrogen) atoms. The Labute approximate surface area is 425 Å². The van der Waals surface area contributed by atoms with Crippen molar-refractivity contribution in [3.05, 3.63) is 248 Å². The number of benzene rings is 10. The van der Waals surface area contributed by atoms with Gasteiger partial charge >= 0.3 is 6.18 Å². The van der Waals surface area contributed by atoms with Gasteiger partial charge in [-0.05, 0) is 112 Å². The maximum absolute atomic E-state index is 15.8. The second kappa shape index (κ2) is 17.1. The lowest BCUT2D eigenvalue weighted by atomic mass is 9.33. The fourth-order valence-electron chi connectivity index (χ4n) is 11.2. The van der Waals surface area contributed by atoms with E-state index in [2.05, 4.69) is 125 Å². The van der Waals surface area contributed by atoms with Gasteiger partial charge in [0.1, 0.15) is 0 Å². The standard InChI is InChI=1S/C64H40BF3N6/c66-64(67,68)50-38-44(63-70-61(41-19-5-1-6-20-41)69-62(71-63)42-21-7-2-8-22-42)34-36-55(50)74-53-30-16-13-27-48(53)49-37-43(33-35-54(49)74)45-39-58-60-59(40-45)73(47-25-11-4-12-26-47)57-32-18-15-29-52(57)65(60)51-28-14-17-31-56(51)72(58)46-23-9-3-10-24-46/h1-40H. The molecular formula is C64H40BF3N6. The Morgan fingerprint density at radius 2 is 0.797 bits per heavy atom. The van der Waals surface area contributed by atoms with Gasteiger partial charge in [0.15, 0.2) is 17.5 Å². The summed E-state index contributed by atoms with van der Waals surface area (Å²) in [5, 5.41) is 1.66. The normalized spacial score (nSPS) is 12.7. The van der Waals surface area contributed by atoms with Gasteiger partial charge < -0.3 is 14.4 Å². The molecule has 0 radical (unpaired) electrons. The predicted molar refractivity (Wildman–Crippen MR) is 295 cm³/mol. The van der Waals surface area contributed by atoms with Gasteiger partial charge in [-0.25, -0.2) is 15.0 Å². The molecule has 0 atom stereocenters. The van der Waals surface area contributed by atoms with Crippen molar-refractivity contribution in [3.63, 3.8) is 0 Å². The highest BCUT2D eigenvalue weighted by atomic mass is 19.4. The van der Waals surface area contributed by atoms with Crippen molar-refractivity contribution < 1.29 is 13.2 Å². The summed E-state index contributed by atoms with van der Waals surface area (Å²) >= 11 is 0. The first kappa shape index (κ1) is 43.3. The van der Waals surface area contributed by atoms with E-state index in [4.69, 9.17) is 15.0 Å². The van der Waals surface area contributed by atoms with Crippen LogP contribution >= 0.6 is 0 Å². The molecule has 6 nitrogen and oxygen atoms in total. The third-order valence-electron chi connectivity index (χ3n) is 14.4. The van der Waals surface area contributed by atoms with E-state index in [0.717, 1.165) is 67.2 Å². The third-order valence-corrected chi connectivity index (χ3v) is 14.4. The van der Waals surface area contributed by atoms with Crippen molar-refractivity contribution in [2.45, 2.75) is 6.18 Å². The molecule has 10 aromatic carbocycles. The van der Waals surface area contributed by atoms with Crippen molar-refractivity contribution in [1.29, 1.82) is 0 Å². The summed E-state index contributed by atoms with van der Waals surface area (Å²) in [7, 11) is 0. The fourth-order valence-corrected chi connectivity index (χ4v) is 11.2. The summed E-state index contributed by atoms with van der Waals surface area (Å²) < 4.78 is 49.1. The second-order valence-electron chi connectivity index (χ2n) is 18.7. The van der Waals surface area contributed by atoms with Gasteiger partial charge in [-0.1, -0.05) is 158 Å². The third kappa shape index (κ3) is 7.01. The summed E-state index contributed by atoms with van der Waals surface area (Å²) in [6, 6.07) is 80.0. The number of aromatic nitrogens is 4. The zero-order valence-corrected chi connectivity index (χ0v) is 39.5. The lowest BCUT2D eigenvalue weighted by molar-refractivity contribution is -0.137. The van der Waals surface area contributed by atoms with Crippen LogP contribution in [0.25, 0.3) is 72.8 Å². The zero-order chi connectivity index (χ0) is 49.5. The molecule has 0 amide bonds. The Bertz CT molecular complexity index is 3980. The van der Waals surface area contributed by atoms with Crippen LogP contribution in [0.2, 0.25) is 0 Å². The van der Waals surface area contributed by atoms with Crippen LogP contribution < -0.4 is 26.2 Å². The molecule has 0 unspecified atom stereocenters. The lowest BCUT2D eigenvalue weighted by Crippen LogP contribution is -2.61. The van der Waals surface area contributed by atoms with E-state index in [9.17, 15) is 0 Å². The smallest absolute Gasteiger partial charge is 0.311 e. The largest absolute Gasteiger partial charge is 0.418 e. The van der Waals surface area contributed by atoms with Gasteiger partial charge in [-0.3, -0.25) is 0 Å². The molecule has 2 aromatic heterocycles. The van der Waals surface area contributed by atoms with Gasteiger partial charge in [0.05, 0.1) is 22.3 Å². The van der Waals surface area contributed by atoms with E-state index in [1.807, 2.05) is 109 Å². The lowest BCUT2D eigenvalue weighted by Gasteiger charge is -2.44. The van der Waals surface area contributed by atoms with Crippen molar-refractivity contribution in [1.82, 2.24) is 19.5 Å². The topological polar surface area (TPSA) is 50.1 Å². The van der Waals surface area contributed by atoms with E-state index in [0.29, 0.717) is 22.7 Å². The monoisotopic (exact) mass is 960 g/mol. The number of anilines is 6. The van der Waals surface area contributed by atoms with Gasteiger partial charge in [0.25, 0.3) is 6.71 Å². The van der Waals surface area contributed by atoms with Gasteiger partial charge in [-0.15, -0.1) is 0 Å². The quantitative estimate of drug-likeness (QED) is 0.149. The Morgan fingerprint density at radius 3 is 1.35 bits per heavy atom. The van der Waals surface area contributed by atoms with E-state index in [1.54, 1.807) is 16.7 Å². The number of halogens is 3. The average molecular weight is 961 g/mol. The maximum atomic E-state index is 15.8. The first-order valence-corrected chi connectivity index (χ1v) is 24.5. The molecule has 12 aromatic rings. The fraction of sp³-hybridized carbons (Fsp3) is 0.0156. The first-order chi connectivity index (χ1) is 36.4. The number of fused-ring (bicyclic) bond motifs is 7. The van der Waals surface area contributed by atoms with Crippen LogP contribution in [0, 0.1) is 0 Å². The minimum absolute atomic E-state index is 0.000548. The van der Waals surface area contributed by atoms with Gasteiger partial charge in [0, 0.05) is 61.6 Å². The highest BCUT2D eigenvalue weighted by molar-refractivity contribution is 7.00. The molecule has 0 N–H and O–H groups in total. The van der Waals surface area contributed by atoms with Crippen LogP contribution in [-0.2, 0) is 6.18 Å². The molecule has 2 aliphatic heterocycles. The van der Waals surface area contributed by atoms with Crippen LogP contribution in [0.15, 0.2) is 243 Å². The average Bonchev–Trinajstić information content (AvgIpc) is 3.87. The number of hydrogen-bond acceptors (Lipinski definition) is 5. The Hall–Kier alpha value is -9.54. The van der Waals surface area contributed by atoms with E-state index in [-0.39, 0.29) is 23.8 Å². The van der Waals surface area contributed by atoms with Crippen LogP contribution in [0.5, 0.6) is 0 Å². The molecule has 2 aliphatic rings. The van der Waals surface area contributed by atoms with Crippen LogP contribution in [0.3, 0.4) is 0 Å². The van der Waals surface area contributed by atoms with Crippen LogP contribution in [-0.4, -0.2) is 26.2 Å². The number of nitrogens with zero attached hydrogens (tertiary/aromatic N) is 6. The number of rotatable bonds is 7. The molecule has 0 saturated carbocycles. The van der Waals surface area contributed by atoms with Crippen molar-refractivity contribution in [2.24, 2.45) is 0 Å². The highest BCUT2D eigenvalue weighted by Crippen LogP contribution is 2.47. The number of alkyl halides is 3. The molecule has 0 bridgehead atoms. The Morgan fingerprint density at radius 1 is 0.338 bits per heavy atom. The first-order valence-electron chi connectivity index (χ1n) is 24.5. The molecule has 0 spiro atoms. The molecule has 14 rings (SSSR count).